The first kappa shape index (κ1) is 14.9. The Morgan fingerprint density at radius 3 is 2.89 bits per heavy atom. The third-order valence-electron chi connectivity index (χ3n) is 3.44. The molecule has 1 fully saturated rings. The van der Waals surface area contributed by atoms with Gasteiger partial charge in [0.2, 0.25) is 0 Å². The molecule has 0 saturated carbocycles. The summed E-state index contributed by atoms with van der Waals surface area (Å²) in [4.78, 5) is 0. The van der Waals surface area contributed by atoms with E-state index in [2.05, 4.69) is 41.0 Å². The van der Waals surface area contributed by atoms with E-state index in [9.17, 15) is 5.11 Å². The maximum Gasteiger partial charge on any atom is 0.0895 e. The lowest BCUT2D eigenvalue weighted by atomic mass is 9.94. The van der Waals surface area contributed by atoms with Crippen LogP contribution in [0.5, 0.6) is 0 Å². The second kappa shape index (κ2) is 7.90. The average Bonchev–Trinajstić information content (AvgIpc) is 2.44. The molecule has 19 heavy (non-hydrogen) atoms. The minimum absolute atomic E-state index is 0.539. The Bertz CT molecular complexity index is 352. The molecule has 1 heterocycles. The van der Waals surface area contributed by atoms with Crippen molar-refractivity contribution in [3.63, 3.8) is 0 Å². The summed E-state index contributed by atoms with van der Waals surface area (Å²) in [7, 11) is 0. The highest BCUT2D eigenvalue weighted by atomic mass is 32.2. The van der Waals surface area contributed by atoms with Crippen LogP contribution in [0.3, 0.4) is 0 Å². The fraction of sp³-hybridized carbons (Fsp3) is 0.600. The van der Waals surface area contributed by atoms with Crippen LogP contribution < -0.4 is 10.6 Å². The minimum Gasteiger partial charge on any atom is -0.387 e. The molecule has 0 aromatic heterocycles. The van der Waals surface area contributed by atoms with Crippen molar-refractivity contribution in [2.45, 2.75) is 24.2 Å². The van der Waals surface area contributed by atoms with Crippen molar-refractivity contribution < 1.29 is 5.11 Å². The van der Waals surface area contributed by atoms with Crippen LogP contribution in [0.1, 0.15) is 18.4 Å². The molecule has 0 unspecified atom stereocenters. The maximum absolute atomic E-state index is 10.3. The summed E-state index contributed by atoms with van der Waals surface area (Å²) in [5.74, 6) is 2.15. The number of benzene rings is 1. The molecule has 0 bridgehead atoms. The summed E-state index contributed by atoms with van der Waals surface area (Å²) in [5, 5.41) is 16.9. The second-order valence-corrected chi connectivity index (χ2v) is 6.32. The summed E-state index contributed by atoms with van der Waals surface area (Å²) < 4.78 is 0. The van der Waals surface area contributed by atoms with Gasteiger partial charge in [-0.25, -0.2) is 0 Å². The monoisotopic (exact) mass is 280 g/mol. The minimum atomic E-state index is -0.539. The topological polar surface area (TPSA) is 44.3 Å². The van der Waals surface area contributed by atoms with Crippen LogP contribution in [0.25, 0.3) is 0 Å². The van der Waals surface area contributed by atoms with E-state index in [-0.39, 0.29) is 0 Å². The molecule has 1 aromatic rings. The lowest BCUT2D eigenvalue weighted by Crippen LogP contribution is -2.52. The first-order valence-electron chi connectivity index (χ1n) is 7.04. The van der Waals surface area contributed by atoms with Crippen LogP contribution in [0, 0.1) is 0 Å². The maximum atomic E-state index is 10.3. The summed E-state index contributed by atoms with van der Waals surface area (Å²) in [6, 6.07) is 10.5. The predicted octanol–water partition coefficient (Wildman–Crippen LogP) is 1.62. The molecule has 1 saturated heterocycles. The van der Waals surface area contributed by atoms with Gasteiger partial charge < -0.3 is 15.7 Å². The van der Waals surface area contributed by atoms with Crippen molar-refractivity contribution in [2.75, 3.05) is 31.9 Å². The molecule has 1 atom stereocenters. The fourth-order valence-corrected chi connectivity index (χ4v) is 3.19. The quantitative estimate of drug-likeness (QED) is 0.664. The number of hydrogen-bond acceptors (Lipinski definition) is 4. The molecule has 0 spiro atoms. The first-order chi connectivity index (χ1) is 9.29. The van der Waals surface area contributed by atoms with E-state index in [1.807, 2.05) is 11.8 Å². The Morgan fingerprint density at radius 1 is 1.32 bits per heavy atom. The lowest BCUT2D eigenvalue weighted by Gasteiger charge is -2.32. The van der Waals surface area contributed by atoms with Gasteiger partial charge in [-0.3, -0.25) is 0 Å². The van der Waals surface area contributed by atoms with E-state index in [0.717, 1.165) is 44.0 Å². The number of thioether (sulfide) groups is 1. The molecule has 3 N–H and O–H groups in total. The van der Waals surface area contributed by atoms with Gasteiger partial charge in [0, 0.05) is 31.1 Å². The lowest BCUT2D eigenvalue weighted by molar-refractivity contribution is 0.0177. The highest BCUT2D eigenvalue weighted by molar-refractivity contribution is 7.98. The van der Waals surface area contributed by atoms with Gasteiger partial charge in [0.25, 0.3) is 0 Å². The van der Waals surface area contributed by atoms with Crippen molar-refractivity contribution in [3.8, 4) is 0 Å². The molecule has 2 rings (SSSR count). The van der Waals surface area contributed by atoms with Crippen LogP contribution in [0.2, 0.25) is 0 Å². The Balaban J connectivity index is 1.52. The van der Waals surface area contributed by atoms with E-state index >= 15 is 0 Å². The normalized spacial score (nSPS) is 23.4. The van der Waals surface area contributed by atoms with Gasteiger partial charge in [0.15, 0.2) is 0 Å². The molecular weight excluding hydrogens is 256 g/mol. The van der Waals surface area contributed by atoms with Crippen molar-refractivity contribution in [3.05, 3.63) is 35.9 Å². The molecule has 4 heteroatoms. The van der Waals surface area contributed by atoms with E-state index in [0.29, 0.717) is 6.54 Å². The van der Waals surface area contributed by atoms with Gasteiger partial charge in [-0.1, -0.05) is 30.3 Å². The average molecular weight is 280 g/mol. The smallest absolute Gasteiger partial charge is 0.0895 e. The summed E-state index contributed by atoms with van der Waals surface area (Å²) in [6.07, 6.45) is 1.98. The van der Waals surface area contributed by atoms with Gasteiger partial charge in [-0.15, -0.1) is 0 Å². The summed E-state index contributed by atoms with van der Waals surface area (Å²) >= 11 is 1.93. The molecular formula is C15H24N2OS. The Hall–Kier alpha value is -0.550. The first-order valence-corrected chi connectivity index (χ1v) is 8.19. The van der Waals surface area contributed by atoms with Gasteiger partial charge in [0.05, 0.1) is 5.60 Å². The van der Waals surface area contributed by atoms with Crippen LogP contribution in [-0.2, 0) is 5.75 Å². The highest BCUT2D eigenvalue weighted by Crippen LogP contribution is 2.15. The number of rotatable bonds is 7. The van der Waals surface area contributed by atoms with Crippen LogP contribution in [0.15, 0.2) is 30.3 Å². The van der Waals surface area contributed by atoms with Crippen molar-refractivity contribution in [1.29, 1.82) is 0 Å². The summed E-state index contributed by atoms with van der Waals surface area (Å²) in [5.41, 5.74) is 0.838. The molecule has 0 radical (unpaired) electrons. The second-order valence-electron chi connectivity index (χ2n) is 5.22. The zero-order valence-corrected chi connectivity index (χ0v) is 12.2. The Morgan fingerprint density at radius 2 is 2.16 bits per heavy atom. The van der Waals surface area contributed by atoms with E-state index in [1.165, 1.54) is 5.56 Å². The fourth-order valence-electron chi connectivity index (χ4n) is 2.33. The number of aliphatic hydroxyl groups is 1. The largest absolute Gasteiger partial charge is 0.387 e. The summed E-state index contributed by atoms with van der Waals surface area (Å²) in [6.45, 7) is 3.41. The standard InChI is InChI=1S/C15H24N2OS/c18-15(7-4-8-16-12-15)13-17-9-10-19-11-14-5-2-1-3-6-14/h1-3,5-6,16-18H,4,7-13H2/t15-/m1/s1. The van der Waals surface area contributed by atoms with Crippen molar-refractivity contribution >= 4 is 11.8 Å². The third kappa shape index (κ3) is 5.53. The Kier molecular flexibility index (Phi) is 6.17. The molecule has 1 aromatic carbocycles. The zero-order chi connectivity index (χ0) is 13.4. The van der Waals surface area contributed by atoms with E-state index < -0.39 is 5.60 Å². The predicted molar refractivity (Wildman–Crippen MR) is 82.5 cm³/mol. The van der Waals surface area contributed by atoms with Gasteiger partial charge in [-0.05, 0) is 24.9 Å². The van der Waals surface area contributed by atoms with Crippen molar-refractivity contribution in [1.82, 2.24) is 10.6 Å². The molecule has 0 aliphatic carbocycles. The molecule has 0 amide bonds. The molecule has 3 nitrogen and oxygen atoms in total. The van der Waals surface area contributed by atoms with Gasteiger partial charge in [0.1, 0.15) is 0 Å². The third-order valence-corrected chi connectivity index (χ3v) is 4.47. The van der Waals surface area contributed by atoms with E-state index in [1.54, 1.807) is 0 Å². The SMILES string of the molecule is O[C@]1(CNCCSCc2ccccc2)CCCNC1. The highest BCUT2D eigenvalue weighted by Gasteiger charge is 2.28. The van der Waals surface area contributed by atoms with Crippen LogP contribution in [0.4, 0.5) is 0 Å². The number of nitrogens with one attached hydrogen (secondary N) is 2. The molecule has 1 aliphatic rings. The van der Waals surface area contributed by atoms with Gasteiger partial charge >= 0.3 is 0 Å². The van der Waals surface area contributed by atoms with Crippen molar-refractivity contribution in [2.24, 2.45) is 0 Å². The number of piperidine rings is 1. The van der Waals surface area contributed by atoms with Crippen LogP contribution in [-0.4, -0.2) is 42.6 Å². The molecule has 106 valence electrons. The Labute approximate surface area is 120 Å². The number of β-amino-alcohol motifs (C(OH)–C–C–N with tert-alkyl or cyclic N) is 1. The number of hydrogen-bond donors (Lipinski definition) is 3. The van der Waals surface area contributed by atoms with Gasteiger partial charge in [-0.2, -0.15) is 11.8 Å². The zero-order valence-electron chi connectivity index (χ0n) is 11.4. The van der Waals surface area contributed by atoms with E-state index in [4.69, 9.17) is 0 Å². The molecule has 1 aliphatic heterocycles. The van der Waals surface area contributed by atoms with Crippen LogP contribution >= 0.6 is 11.8 Å².